The van der Waals surface area contributed by atoms with Crippen LogP contribution in [-0.2, 0) is 6.54 Å². The lowest BCUT2D eigenvalue weighted by Crippen LogP contribution is -2.40. The molecule has 0 spiro atoms. The normalized spacial score (nSPS) is 15.1. The Bertz CT molecular complexity index is 680. The summed E-state index contributed by atoms with van der Waals surface area (Å²) in [4.78, 5) is 0. The zero-order valence-electron chi connectivity index (χ0n) is 13.4. The van der Waals surface area contributed by atoms with Gasteiger partial charge in [-0.2, -0.15) is 0 Å². The number of aliphatic hydroxyl groups excluding tert-OH is 1. The molecule has 0 radical (unpaired) electrons. The number of ether oxygens (including phenoxy) is 3. The Labute approximate surface area is 149 Å². The molecule has 1 aliphatic heterocycles. The van der Waals surface area contributed by atoms with Gasteiger partial charge >= 0.3 is 0 Å². The van der Waals surface area contributed by atoms with Gasteiger partial charge in [0.25, 0.3) is 0 Å². The number of hydrogen-bond acceptors (Lipinski definition) is 5. The predicted molar refractivity (Wildman–Crippen MR) is 94.5 cm³/mol. The second-order valence-electron chi connectivity index (χ2n) is 5.67. The highest BCUT2D eigenvalue weighted by Gasteiger charge is 2.19. The number of benzene rings is 2. The minimum atomic E-state index is -0.633. The molecule has 1 heterocycles. The van der Waals surface area contributed by atoms with Crippen molar-refractivity contribution in [1.29, 1.82) is 0 Å². The Morgan fingerprint density at radius 1 is 1.21 bits per heavy atom. The summed E-state index contributed by atoms with van der Waals surface area (Å²) in [6, 6.07) is 13.6. The molecule has 0 aliphatic carbocycles. The molecular weight excluding hydrogens is 374 g/mol. The number of fused-ring (bicyclic) bond motifs is 1. The molecule has 1 aliphatic rings. The molecule has 5 nitrogen and oxygen atoms in total. The van der Waals surface area contributed by atoms with E-state index in [2.05, 4.69) is 21.2 Å². The molecule has 2 unspecified atom stereocenters. The van der Waals surface area contributed by atoms with Crippen LogP contribution in [0.15, 0.2) is 46.9 Å². The van der Waals surface area contributed by atoms with Crippen LogP contribution in [0.3, 0.4) is 0 Å². The molecule has 0 saturated heterocycles. The summed E-state index contributed by atoms with van der Waals surface area (Å²) in [5, 5.41) is 13.6. The average molecular weight is 394 g/mol. The monoisotopic (exact) mass is 393 g/mol. The molecule has 2 aromatic carbocycles. The maximum Gasteiger partial charge on any atom is 0.231 e. The summed E-state index contributed by atoms with van der Waals surface area (Å²) < 4.78 is 17.1. The molecule has 6 heteroatoms. The molecule has 2 atom stereocenters. The van der Waals surface area contributed by atoms with Crippen LogP contribution in [0.4, 0.5) is 0 Å². The van der Waals surface area contributed by atoms with E-state index in [0.29, 0.717) is 23.8 Å². The summed E-state index contributed by atoms with van der Waals surface area (Å²) >= 11 is 3.44. The Morgan fingerprint density at radius 2 is 1.92 bits per heavy atom. The third-order valence-corrected chi connectivity index (χ3v) is 4.50. The lowest BCUT2D eigenvalue weighted by Gasteiger charge is -2.21. The molecular formula is C18H20BrNO4. The predicted octanol–water partition coefficient (Wildman–Crippen LogP) is 3.10. The standard InChI is InChI=1S/C18H20BrNO4/c1-12(20-9-13-5-3-2-4-6-13)15(21)10-22-16-8-18-17(7-14(16)19)23-11-24-18/h2-8,12,15,20-21H,9-11H2,1H3. The Balaban J connectivity index is 1.50. The van der Waals surface area contributed by atoms with E-state index in [1.807, 2.05) is 37.3 Å². The molecule has 24 heavy (non-hydrogen) atoms. The fourth-order valence-corrected chi connectivity index (χ4v) is 2.78. The zero-order valence-corrected chi connectivity index (χ0v) is 15.0. The van der Waals surface area contributed by atoms with Gasteiger partial charge in [-0.1, -0.05) is 30.3 Å². The largest absolute Gasteiger partial charge is 0.489 e. The van der Waals surface area contributed by atoms with Crippen molar-refractivity contribution < 1.29 is 19.3 Å². The molecule has 0 amide bonds. The summed E-state index contributed by atoms with van der Waals surface area (Å²) in [5.74, 6) is 1.96. The maximum atomic E-state index is 10.3. The fourth-order valence-electron chi connectivity index (χ4n) is 2.34. The van der Waals surface area contributed by atoms with Crippen LogP contribution >= 0.6 is 15.9 Å². The Morgan fingerprint density at radius 3 is 2.67 bits per heavy atom. The summed E-state index contributed by atoms with van der Waals surface area (Å²) in [6.07, 6.45) is -0.633. The van der Waals surface area contributed by atoms with Crippen LogP contribution in [0.2, 0.25) is 0 Å². The van der Waals surface area contributed by atoms with Gasteiger partial charge in [-0.05, 0) is 28.4 Å². The molecule has 2 aromatic rings. The summed E-state index contributed by atoms with van der Waals surface area (Å²) in [5.41, 5.74) is 1.18. The van der Waals surface area contributed by atoms with Crippen LogP contribution in [0.1, 0.15) is 12.5 Å². The lowest BCUT2D eigenvalue weighted by molar-refractivity contribution is 0.0776. The van der Waals surface area contributed by atoms with Crippen molar-refractivity contribution in [2.75, 3.05) is 13.4 Å². The van der Waals surface area contributed by atoms with E-state index in [0.717, 1.165) is 4.47 Å². The van der Waals surface area contributed by atoms with Crippen molar-refractivity contribution in [2.24, 2.45) is 0 Å². The molecule has 0 saturated carbocycles. The van der Waals surface area contributed by atoms with Crippen LogP contribution in [0, 0.1) is 0 Å². The third-order valence-electron chi connectivity index (χ3n) is 3.88. The Hall–Kier alpha value is -1.76. The van der Waals surface area contributed by atoms with Gasteiger partial charge in [-0.25, -0.2) is 0 Å². The highest BCUT2D eigenvalue weighted by atomic mass is 79.9. The zero-order chi connectivity index (χ0) is 16.9. The maximum absolute atomic E-state index is 10.3. The number of rotatable bonds is 7. The van der Waals surface area contributed by atoms with Gasteiger partial charge < -0.3 is 24.6 Å². The fraction of sp³-hybridized carbons (Fsp3) is 0.333. The van der Waals surface area contributed by atoms with Gasteiger partial charge in [0, 0.05) is 24.7 Å². The molecule has 3 rings (SSSR count). The van der Waals surface area contributed by atoms with Crippen LogP contribution < -0.4 is 19.5 Å². The van der Waals surface area contributed by atoms with E-state index in [9.17, 15) is 5.11 Å². The number of nitrogens with one attached hydrogen (secondary N) is 1. The van der Waals surface area contributed by atoms with Crippen molar-refractivity contribution in [2.45, 2.75) is 25.6 Å². The van der Waals surface area contributed by atoms with Crippen molar-refractivity contribution in [3.05, 3.63) is 52.5 Å². The number of halogens is 1. The van der Waals surface area contributed by atoms with E-state index < -0.39 is 6.10 Å². The SMILES string of the molecule is CC(NCc1ccccc1)C(O)COc1cc2c(cc1Br)OCO2. The van der Waals surface area contributed by atoms with Gasteiger partial charge in [0.1, 0.15) is 18.5 Å². The summed E-state index contributed by atoms with van der Waals surface area (Å²) in [6.45, 7) is 3.04. The lowest BCUT2D eigenvalue weighted by atomic mass is 10.1. The first-order chi connectivity index (χ1) is 11.6. The first-order valence-electron chi connectivity index (χ1n) is 7.81. The molecule has 0 bridgehead atoms. The van der Waals surface area contributed by atoms with Gasteiger partial charge in [-0.15, -0.1) is 0 Å². The first kappa shape index (κ1) is 17.1. The van der Waals surface area contributed by atoms with Gasteiger partial charge in [0.15, 0.2) is 11.5 Å². The van der Waals surface area contributed by atoms with E-state index >= 15 is 0 Å². The van der Waals surface area contributed by atoms with Crippen molar-refractivity contribution >= 4 is 15.9 Å². The highest BCUT2D eigenvalue weighted by molar-refractivity contribution is 9.10. The number of hydrogen-bond donors (Lipinski definition) is 2. The van der Waals surface area contributed by atoms with Crippen molar-refractivity contribution in [1.82, 2.24) is 5.32 Å². The van der Waals surface area contributed by atoms with Crippen molar-refractivity contribution in [3.8, 4) is 17.2 Å². The smallest absolute Gasteiger partial charge is 0.231 e. The second-order valence-corrected chi connectivity index (χ2v) is 6.52. The van der Waals surface area contributed by atoms with Gasteiger partial charge in [-0.3, -0.25) is 0 Å². The van der Waals surface area contributed by atoms with Crippen molar-refractivity contribution in [3.63, 3.8) is 0 Å². The van der Waals surface area contributed by atoms with Crippen LogP contribution in [0.5, 0.6) is 17.2 Å². The molecule has 0 fully saturated rings. The van der Waals surface area contributed by atoms with Gasteiger partial charge in [0.05, 0.1) is 4.47 Å². The van der Waals surface area contributed by atoms with Crippen LogP contribution in [0.25, 0.3) is 0 Å². The van der Waals surface area contributed by atoms with Crippen LogP contribution in [-0.4, -0.2) is 30.7 Å². The second kappa shape index (κ2) is 7.88. The minimum Gasteiger partial charge on any atom is -0.489 e. The quantitative estimate of drug-likeness (QED) is 0.756. The third kappa shape index (κ3) is 4.20. The van der Waals surface area contributed by atoms with E-state index in [-0.39, 0.29) is 19.4 Å². The first-order valence-corrected chi connectivity index (χ1v) is 8.60. The molecule has 0 aromatic heterocycles. The number of aliphatic hydroxyl groups is 1. The Kier molecular flexibility index (Phi) is 5.60. The van der Waals surface area contributed by atoms with E-state index in [1.165, 1.54) is 5.56 Å². The van der Waals surface area contributed by atoms with E-state index in [1.54, 1.807) is 12.1 Å². The van der Waals surface area contributed by atoms with Gasteiger partial charge in [0.2, 0.25) is 6.79 Å². The average Bonchev–Trinajstić information content (AvgIpc) is 3.05. The molecule has 2 N–H and O–H groups in total. The van der Waals surface area contributed by atoms with E-state index in [4.69, 9.17) is 14.2 Å². The summed E-state index contributed by atoms with van der Waals surface area (Å²) in [7, 11) is 0. The molecule has 128 valence electrons. The topological polar surface area (TPSA) is 60.0 Å². The highest BCUT2D eigenvalue weighted by Crippen LogP contribution is 2.40. The minimum absolute atomic E-state index is 0.0991.